The van der Waals surface area contributed by atoms with E-state index in [2.05, 4.69) is 15.3 Å². The van der Waals surface area contributed by atoms with E-state index >= 15 is 0 Å². The van der Waals surface area contributed by atoms with Gasteiger partial charge in [-0.25, -0.2) is 17.7 Å². The van der Waals surface area contributed by atoms with Crippen molar-refractivity contribution in [2.24, 2.45) is 0 Å². The average molecular weight is 306 g/mol. The van der Waals surface area contributed by atoms with Gasteiger partial charge in [-0.15, -0.1) is 0 Å². The molecule has 0 amide bonds. The van der Waals surface area contributed by atoms with Crippen molar-refractivity contribution in [2.75, 3.05) is 19.4 Å². The van der Waals surface area contributed by atoms with Crippen LogP contribution in [0.2, 0.25) is 0 Å². The lowest BCUT2D eigenvalue weighted by Crippen LogP contribution is -2.22. The molecule has 2 heterocycles. The zero-order chi connectivity index (χ0) is 15.5. The Balaban J connectivity index is 2.14. The summed E-state index contributed by atoms with van der Waals surface area (Å²) in [5.74, 6) is 0.615. The summed E-state index contributed by atoms with van der Waals surface area (Å²) in [4.78, 5) is 8.40. The number of sulfonamides is 1. The SMILES string of the molecule is CC(Nc1ccc(S(=O)(=O)N(C)C)cn1)c1cccnc1. The summed E-state index contributed by atoms with van der Waals surface area (Å²) in [5, 5.41) is 3.21. The van der Waals surface area contributed by atoms with E-state index in [1.807, 2.05) is 19.1 Å². The van der Waals surface area contributed by atoms with Gasteiger partial charge in [-0.3, -0.25) is 4.98 Å². The number of pyridine rings is 2. The van der Waals surface area contributed by atoms with Crippen LogP contribution in [0.1, 0.15) is 18.5 Å². The summed E-state index contributed by atoms with van der Waals surface area (Å²) in [6.45, 7) is 1.99. The Kier molecular flexibility index (Phi) is 4.54. The van der Waals surface area contributed by atoms with Crippen molar-refractivity contribution < 1.29 is 8.42 Å². The minimum absolute atomic E-state index is 0.0301. The zero-order valence-electron chi connectivity index (χ0n) is 12.2. The van der Waals surface area contributed by atoms with Crippen LogP contribution >= 0.6 is 0 Å². The van der Waals surface area contributed by atoms with Crippen LogP contribution in [0, 0.1) is 0 Å². The van der Waals surface area contributed by atoms with Crippen molar-refractivity contribution >= 4 is 15.8 Å². The van der Waals surface area contributed by atoms with Gasteiger partial charge in [0.25, 0.3) is 0 Å². The minimum Gasteiger partial charge on any atom is -0.363 e. The van der Waals surface area contributed by atoms with Crippen molar-refractivity contribution in [3.8, 4) is 0 Å². The molecule has 0 saturated heterocycles. The van der Waals surface area contributed by atoms with E-state index in [1.165, 1.54) is 20.3 Å². The molecule has 1 atom stereocenters. The van der Waals surface area contributed by atoms with Gasteiger partial charge in [-0.1, -0.05) is 6.07 Å². The summed E-state index contributed by atoms with van der Waals surface area (Å²) in [6.07, 6.45) is 4.85. The zero-order valence-corrected chi connectivity index (χ0v) is 13.0. The molecular weight excluding hydrogens is 288 g/mol. The summed E-state index contributed by atoms with van der Waals surface area (Å²) < 4.78 is 25.1. The third kappa shape index (κ3) is 3.56. The number of rotatable bonds is 5. The first kappa shape index (κ1) is 15.4. The predicted molar refractivity (Wildman–Crippen MR) is 81.4 cm³/mol. The maximum Gasteiger partial charge on any atom is 0.244 e. The molecule has 1 unspecified atom stereocenters. The second-order valence-electron chi connectivity index (χ2n) is 4.82. The van der Waals surface area contributed by atoms with Gasteiger partial charge < -0.3 is 5.32 Å². The number of hydrogen-bond donors (Lipinski definition) is 1. The second kappa shape index (κ2) is 6.19. The molecule has 6 nitrogen and oxygen atoms in total. The average Bonchev–Trinajstić information content (AvgIpc) is 2.48. The van der Waals surface area contributed by atoms with Crippen molar-refractivity contribution in [3.63, 3.8) is 0 Å². The van der Waals surface area contributed by atoms with Gasteiger partial charge in [-0.05, 0) is 30.7 Å². The van der Waals surface area contributed by atoms with Gasteiger partial charge in [0.05, 0.1) is 6.04 Å². The van der Waals surface area contributed by atoms with Crippen molar-refractivity contribution in [1.29, 1.82) is 0 Å². The molecule has 0 saturated carbocycles. The van der Waals surface area contributed by atoms with Crippen LogP contribution in [0.25, 0.3) is 0 Å². The molecule has 0 radical (unpaired) electrons. The monoisotopic (exact) mass is 306 g/mol. The Labute approximate surface area is 124 Å². The normalized spacial score (nSPS) is 13.1. The van der Waals surface area contributed by atoms with Crippen LogP contribution in [0.3, 0.4) is 0 Å². The molecule has 7 heteroatoms. The molecular formula is C14H18N4O2S. The highest BCUT2D eigenvalue weighted by Crippen LogP contribution is 2.18. The first-order chi connectivity index (χ1) is 9.91. The third-order valence-corrected chi connectivity index (χ3v) is 4.86. The molecule has 2 rings (SSSR count). The maximum absolute atomic E-state index is 11.9. The molecule has 0 spiro atoms. The van der Waals surface area contributed by atoms with Gasteiger partial charge in [0.15, 0.2) is 0 Å². The summed E-state index contributed by atoms with van der Waals surface area (Å²) in [5.41, 5.74) is 1.03. The molecule has 0 fully saturated rings. The largest absolute Gasteiger partial charge is 0.363 e. The minimum atomic E-state index is -3.44. The third-order valence-electron chi connectivity index (χ3n) is 3.06. The Morgan fingerprint density at radius 2 is 1.95 bits per heavy atom. The first-order valence-electron chi connectivity index (χ1n) is 6.46. The van der Waals surface area contributed by atoms with Crippen molar-refractivity contribution in [2.45, 2.75) is 17.9 Å². The summed E-state index contributed by atoms with van der Waals surface area (Å²) in [7, 11) is -0.457. The maximum atomic E-state index is 11.9. The number of nitrogens with zero attached hydrogens (tertiary/aromatic N) is 3. The van der Waals surface area contributed by atoms with Crippen molar-refractivity contribution in [1.82, 2.24) is 14.3 Å². The van der Waals surface area contributed by atoms with Gasteiger partial charge in [0.1, 0.15) is 10.7 Å². The van der Waals surface area contributed by atoms with E-state index in [9.17, 15) is 8.42 Å². The molecule has 21 heavy (non-hydrogen) atoms. The molecule has 1 N–H and O–H groups in total. The lowest BCUT2D eigenvalue weighted by atomic mass is 10.1. The van der Waals surface area contributed by atoms with Crippen LogP contribution < -0.4 is 5.32 Å². The molecule has 2 aromatic heterocycles. The molecule has 0 aliphatic carbocycles. The summed E-state index contributed by atoms with van der Waals surface area (Å²) >= 11 is 0. The fourth-order valence-electron chi connectivity index (χ4n) is 1.77. The quantitative estimate of drug-likeness (QED) is 0.913. The van der Waals surface area contributed by atoms with Crippen molar-refractivity contribution in [3.05, 3.63) is 48.4 Å². The Hall–Kier alpha value is -1.99. The number of anilines is 1. The van der Waals surface area contributed by atoms with Gasteiger partial charge in [-0.2, -0.15) is 0 Å². The van der Waals surface area contributed by atoms with E-state index in [-0.39, 0.29) is 10.9 Å². The highest BCUT2D eigenvalue weighted by molar-refractivity contribution is 7.89. The van der Waals surface area contributed by atoms with Crippen LogP contribution in [0.4, 0.5) is 5.82 Å². The lowest BCUT2D eigenvalue weighted by Gasteiger charge is -2.15. The van der Waals surface area contributed by atoms with Gasteiger partial charge in [0, 0.05) is 32.7 Å². The molecule has 0 bridgehead atoms. The predicted octanol–water partition coefficient (Wildman–Crippen LogP) is 1.90. The topological polar surface area (TPSA) is 75.2 Å². The number of nitrogens with one attached hydrogen (secondary N) is 1. The van der Waals surface area contributed by atoms with E-state index < -0.39 is 10.0 Å². The highest BCUT2D eigenvalue weighted by Gasteiger charge is 2.17. The molecule has 0 aliphatic rings. The molecule has 112 valence electrons. The fourth-order valence-corrected chi connectivity index (χ4v) is 2.61. The van der Waals surface area contributed by atoms with Crippen LogP contribution in [-0.4, -0.2) is 36.8 Å². The standard InChI is InChI=1S/C14H18N4O2S/c1-11(12-5-4-8-15-9-12)17-14-7-6-13(10-16-14)21(19,20)18(2)3/h4-11H,1-3H3,(H,16,17). The smallest absolute Gasteiger partial charge is 0.244 e. The summed E-state index contributed by atoms with van der Waals surface area (Å²) in [6, 6.07) is 7.06. The molecule has 0 aromatic carbocycles. The lowest BCUT2D eigenvalue weighted by molar-refractivity contribution is 0.520. The van der Waals surface area contributed by atoms with Crippen LogP contribution in [-0.2, 0) is 10.0 Å². The Morgan fingerprint density at radius 3 is 2.48 bits per heavy atom. The van der Waals surface area contributed by atoms with Crippen LogP contribution in [0.15, 0.2) is 47.8 Å². The first-order valence-corrected chi connectivity index (χ1v) is 7.90. The van der Waals surface area contributed by atoms with Crippen LogP contribution in [0.5, 0.6) is 0 Å². The van der Waals surface area contributed by atoms with E-state index in [0.29, 0.717) is 5.82 Å². The Morgan fingerprint density at radius 1 is 1.19 bits per heavy atom. The number of aromatic nitrogens is 2. The van der Waals surface area contributed by atoms with Gasteiger partial charge in [0.2, 0.25) is 10.0 Å². The highest BCUT2D eigenvalue weighted by atomic mass is 32.2. The molecule has 0 aliphatic heterocycles. The van der Waals surface area contributed by atoms with E-state index in [0.717, 1.165) is 9.87 Å². The second-order valence-corrected chi connectivity index (χ2v) is 6.97. The Bertz CT molecular complexity index is 685. The van der Waals surface area contributed by atoms with E-state index in [4.69, 9.17) is 0 Å². The molecule has 2 aromatic rings. The van der Waals surface area contributed by atoms with Gasteiger partial charge >= 0.3 is 0 Å². The number of hydrogen-bond acceptors (Lipinski definition) is 5. The fraction of sp³-hybridized carbons (Fsp3) is 0.286. The van der Waals surface area contributed by atoms with E-state index in [1.54, 1.807) is 24.5 Å².